The number of nitrogens with one attached hydrogen (secondary N) is 1. The predicted molar refractivity (Wildman–Crippen MR) is 60.8 cm³/mol. The highest BCUT2D eigenvalue weighted by atomic mass is 16.3. The molecule has 1 fully saturated rings. The number of aliphatic hydroxyl groups is 1. The zero-order valence-electron chi connectivity index (χ0n) is 9.93. The van der Waals surface area contributed by atoms with Crippen molar-refractivity contribution in [2.45, 2.75) is 45.4 Å². The summed E-state index contributed by atoms with van der Waals surface area (Å²) in [4.78, 5) is 4.23. The normalized spacial score (nSPS) is 24.8. The van der Waals surface area contributed by atoms with Gasteiger partial charge in [-0.3, -0.25) is 0 Å². The summed E-state index contributed by atoms with van der Waals surface area (Å²) in [6.07, 6.45) is 3.41. The standard InChI is InChI=1S/C11H20N4O/c1-8(2)15-11(13-7-14-15)6-12-5-9-3-10(16)4-9/h7-10,12,16H,3-6H2,1-2H3. The molecule has 5 heteroatoms. The fourth-order valence-corrected chi connectivity index (χ4v) is 2.09. The molecule has 0 aromatic carbocycles. The zero-order chi connectivity index (χ0) is 11.5. The minimum atomic E-state index is -0.0638. The van der Waals surface area contributed by atoms with Crippen molar-refractivity contribution < 1.29 is 5.11 Å². The summed E-state index contributed by atoms with van der Waals surface area (Å²) in [7, 11) is 0. The molecule has 1 saturated carbocycles. The van der Waals surface area contributed by atoms with Crippen LogP contribution in [0.15, 0.2) is 6.33 Å². The fraction of sp³-hybridized carbons (Fsp3) is 0.818. The Hall–Kier alpha value is -0.940. The first-order valence-electron chi connectivity index (χ1n) is 5.94. The molecule has 1 aromatic rings. The zero-order valence-corrected chi connectivity index (χ0v) is 9.93. The smallest absolute Gasteiger partial charge is 0.141 e. The Bertz CT molecular complexity index is 330. The van der Waals surface area contributed by atoms with E-state index in [1.54, 1.807) is 6.33 Å². The Morgan fingerprint density at radius 2 is 2.31 bits per heavy atom. The molecule has 1 aliphatic rings. The Morgan fingerprint density at radius 3 is 2.94 bits per heavy atom. The number of hydrogen-bond acceptors (Lipinski definition) is 4. The van der Waals surface area contributed by atoms with Gasteiger partial charge in [-0.2, -0.15) is 5.10 Å². The number of nitrogens with zero attached hydrogens (tertiary/aromatic N) is 3. The van der Waals surface area contributed by atoms with Gasteiger partial charge in [0, 0.05) is 6.04 Å². The summed E-state index contributed by atoms with van der Waals surface area (Å²) < 4.78 is 1.93. The van der Waals surface area contributed by atoms with Gasteiger partial charge < -0.3 is 10.4 Å². The van der Waals surface area contributed by atoms with E-state index in [1.165, 1.54) is 0 Å². The molecule has 0 saturated heterocycles. The van der Waals surface area contributed by atoms with Gasteiger partial charge in [0.15, 0.2) is 0 Å². The lowest BCUT2D eigenvalue weighted by molar-refractivity contribution is 0.0428. The van der Waals surface area contributed by atoms with E-state index in [0.717, 1.165) is 31.8 Å². The highest BCUT2D eigenvalue weighted by Gasteiger charge is 2.26. The summed E-state index contributed by atoms with van der Waals surface area (Å²) in [5.74, 6) is 1.61. The first-order valence-corrected chi connectivity index (χ1v) is 5.94. The van der Waals surface area contributed by atoms with Crippen molar-refractivity contribution in [1.82, 2.24) is 20.1 Å². The predicted octanol–water partition coefficient (Wildman–Crippen LogP) is 0.719. The summed E-state index contributed by atoms with van der Waals surface area (Å²) in [5.41, 5.74) is 0. The van der Waals surface area contributed by atoms with Crippen LogP contribution in [0.3, 0.4) is 0 Å². The highest BCUT2D eigenvalue weighted by molar-refractivity contribution is 4.87. The second kappa shape index (κ2) is 4.93. The molecule has 0 radical (unpaired) electrons. The Kier molecular flexibility index (Phi) is 3.56. The molecule has 1 aliphatic carbocycles. The molecule has 0 amide bonds. The van der Waals surface area contributed by atoms with E-state index in [9.17, 15) is 0 Å². The third-order valence-corrected chi connectivity index (χ3v) is 3.06. The van der Waals surface area contributed by atoms with Gasteiger partial charge in [0.1, 0.15) is 12.2 Å². The largest absolute Gasteiger partial charge is 0.393 e. The monoisotopic (exact) mass is 224 g/mol. The van der Waals surface area contributed by atoms with Crippen LogP contribution in [0, 0.1) is 5.92 Å². The van der Waals surface area contributed by atoms with Gasteiger partial charge in [-0.15, -0.1) is 0 Å². The van der Waals surface area contributed by atoms with E-state index in [2.05, 4.69) is 29.2 Å². The molecule has 0 aliphatic heterocycles. The van der Waals surface area contributed by atoms with Crippen LogP contribution in [0.5, 0.6) is 0 Å². The van der Waals surface area contributed by atoms with Crippen molar-refractivity contribution in [3.63, 3.8) is 0 Å². The summed E-state index contributed by atoms with van der Waals surface area (Å²) in [6, 6.07) is 0.352. The number of rotatable bonds is 5. The van der Waals surface area contributed by atoms with Crippen LogP contribution >= 0.6 is 0 Å². The van der Waals surface area contributed by atoms with E-state index >= 15 is 0 Å². The molecular weight excluding hydrogens is 204 g/mol. The summed E-state index contributed by atoms with van der Waals surface area (Å²) >= 11 is 0. The lowest BCUT2D eigenvalue weighted by Gasteiger charge is -2.31. The van der Waals surface area contributed by atoms with E-state index in [-0.39, 0.29) is 6.10 Å². The maximum absolute atomic E-state index is 9.16. The van der Waals surface area contributed by atoms with E-state index in [4.69, 9.17) is 5.11 Å². The van der Waals surface area contributed by atoms with Gasteiger partial charge in [0.05, 0.1) is 12.6 Å². The van der Waals surface area contributed by atoms with Gasteiger partial charge in [-0.25, -0.2) is 9.67 Å². The fourth-order valence-electron chi connectivity index (χ4n) is 2.09. The summed E-state index contributed by atoms with van der Waals surface area (Å²) in [6.45, 7) is 5.91. The quantitative estimate of drug-likeness (QED) is 0.773. The molecule has 16 heavy (non-hydrogen) atoms. The third kappa shape index (κ3) is 2.59. The molecule has 5 nitrogen and oxygen atoms in total. The first-order chi connectivity index (χ1) is 7.66. The maximum atomic E-state index is 9.16. The highest BCUT2D eigenvalue weighted by Crippen LogP contribution is 2.26. The van der Waals surface area contributed by atoms with E-state index in [1.807, 2.05) is 4.68 Å². The van der Waals surface area contributed by atoms with Crippen molar-refractivity contribution in [2.24, 2.45) is 5.92 Å². The second-order valence-corrected chi connectivity index (χ2v) is 4.84. The maximum Gasteiger partial charge on any atom is 0.141 e. The van der Waals surface area contributed by atoms with Gasteiger partial charge in [-0.1, -0.05) is 0 Å². The van der Waals surface area contributed by atoms with Crippen LogP contribution < -0.4 is 5.32 Å². The lowest BCUT2D eigenvalue weighted by Crippen LogP contribution is -2.36. The number of aliphatic hydroxyl groups excluding tert-OH is 1. The van der Waals surface area contributed by atoms with Crippen molar-refractivity contribution in [3.05, 3.63) is 12.2 Å². The molecule has 0 spiro atoms. The second-order valence-electron chi connectivity index (χ2n) is 4.84. The summed E-state index contributed by atoms with van der Waals surface area (Å²) in [5, 5.41) is 16.7. The van der Waals surface area contributed by atoms with Crippen LogP contribution in [0.25, 0.3) is 0 Å². The van der Waals surface area contributed by atoms with Crippen molar-refractivity contribution in [2.75, 3.05) is 6.54 Å². The molecule has 1 heterocycles. The topological polar surface area (TPSA) is 63.0 Å². The van der Waals surface area contributed by atoms with Crippen LogP contribution in [0.4, 0.5) is 0 Å². The Labute approximate surface area is 95.9 Å². The Morgan fingerprint density at radius 1 is 1.56 bits per heavy atom. The van der Waals surface area contributed by atoms with Crippen LogP contribution in [0.1, 0.15) is 38.6 Å². The van der Waals surface area contributed by atoms with Crippen molar-refractivity contribution in [3.8, 4) is 0 Å². The van der Waals surface area contributed by atoms with Crippen LogP contribution in [-0.2, 0) is 6.54 Å². The van der Waals surface area contributed by atoms with Crippen LogP contribution in [-0.4, -0.2) is 32.5 Å². The molecule has 0 atom stereocenters. The van der Waals surface area contributed by atoms with Gasteiger partial charge in [-0.05, 0) is 39.2 Å². The average molecular weight is 224 g/mol. The van der Waals surface area contributed by atoms with Crippen molar-refractivity contribution >= 4 is 0 Å². The number of aromatic nitrogens is 3. The minimum Gasteiger partial charge on any atom is -0.393 e. The SMILES string of the molecule is CC(C)n1ncnc1CNCC1CC(O)C1. The molecule has 2 rings (SSSR count). The lowest BCUT2D eigenvalue weighted by atomic mass is 9.82. The average Bonchev–Trinajstić information content (AvgIpc) is 2.63. The van der Waals surface area contributed by atoms with E-state index < -0.39 is 0 Å². The molecular formula is C11H20N4O. The van der Waals surface area contributed by atoms with E-state index in [0.29, 0.717) is 12.0 Å². The Balaban J connectivity index is 1.74. The van der Waals surface area contributed by atoms with Gasteiger partial charge in [0.25, 0.3) is 0 Å². The molecule has 0 unspecified atom stereocenters. The van der Waals surface area contributed by atoms with Gasteiger partial charge in [0.2, 0.25) is 0 Å². The third-order valence-electron chi connectivity index (χ3n) is 3.06. The first kappa shape index (κ1) is 11.5. The molecule has 0 bridgehead atoms. The molecule has 2 N–H and O–H groups in total. The van der Waals surface area contributed by atoms with Crippen LogP contribution in [0.2, 0.25) is 0 Å². The number of hydrogen-bond donors (Lipinski definition) is 2. The minimum absolute atomic E-state index is 0.0638. The molecule has 1 aromatic heterocycles. The molecule has 90 valence electrons. The van der Waals surface area contributed by atoms with Gasteiger partial charge >= 0.3 is 0 Å². The van der Waals surface area contributed by atoms with Crippen molar-refractivity contribution in [1.29, 1.82) is 0 Å².